The molecule has 2 rings (SSSR count). The molecule has 0 amide bonds. The Morgan fingerprint density at radius 3 is 2.76 bits per heavy atom. The molecule has 0 radical (unpaired) electrons. The molecular formula is C17H21FN2O. The maximum absolute atomic E-state index is 14.6. The molecule has 1 aromatic carbocycles. The van der Waals surface area contributed by atoms with Crippen LogP contribution in [0.4, 0.5) is 4.39 Å². The maximum atomic E-state index is 14.6. The third kappa shape index (κ3) is 3.39. The smallest absolute Gasteiger partial charge is 0.170 e. The third-order valence-electron chi connectivity index (χ3n) is 3.51. The summed E-state index contributed by atoms with van der Waals surface area (Å²) >= 11 is 0. The van der Waals surface area contributed by atoms with E-state index < -0.39 is 0 Å². The first kappa shape index (κ1) is 15.4. The van der Waals surface area contributed by atoms with Crippen LogP contribution >= 0.6 is 0 Å². The number of halogens is 1. The number of hydrogen-bond donors (Lipinski definition) is 1. The highest BCUT2D eigenvalue weighted by atomic mass is 19.1. The van der Waals surface area contributed by atoms with Crippen LogP contribution in [0.1, 0.15) is 36.1 Å². The van der Waals surface area contributed by atoms with E-state index in [4.69, 9.17) is 4.74 Å². The fraction of sp³-hybridized carbons (Fsp3) is 0.353. The summed E-state index contributed by atoms with van der Waals surface area (Å²) in [4.78, 5) is 4.18. The molecule has 0 saturated carbocycles. The van der Waals surface area contributed by atoms with Crippen LogP contribution < -0.4 is 10.1 Å². The van der Waals surface area contributed by atoms with E-state index in [1.54, 1.807) is 24.5 Å². The van der Waals surface area contributed by atoms with Crippen LogP contribution in [0.2, 0.25) is 0 Å². The molecule has 0 fully saturated rings. The zero-order chi connectivity index (χ0) is 15.2. The van der Waals surface area contributed by atoms with Crippen molar-refractivity contribution < 1.29 is 9.13 Å². The number of aromatic nitrogens is 1. The van der Waals surface area contributed by atoms with Crippen LogP contribution in [0, 0.1) is 12.7 Å². The molecule has 0 aliphatic rings. The molecule has 4 heteroatoms. The van der Waals surface area contributed by atoms with Gasteiger partial charge in [0.2, 0.25) is 0 Å². The number of ether oxygens (including phenoxy) is 1. The molecule has 0 aliphatic heterocycles. The van der Waals surface area contributed by atoms with E-state index in [-0.39, 0.29) is 17.6 Å². The Balaban J connectivity index is 2.48. The third-order valence-corrected chi connectivity index (χ3v) is 3.51. The van der Waals surface area contributed by atoms with Crippen LogP contribution in [0.15, 0.2) is 36.7 Å². The number of aryl methyl sites for hydroxylation is 1. The van der Waals surface area contributed by atoms with Crippen LogP contribution in [0.3, 0.4) is 0 Å². The molecule has 1 unspecified atom stereocenters. The largest absolute Gasteiger partial charge is 0.494 e. The Morgan fingerprint density at radius 2 is 2.10 bits per heavy atom. The van der Waals surface area contributed by atoms with Gasteiger partial charge in [0.25, 0.3) is 0 Å². The second-order valence-electron chi connectivity index (χ2n) is 4.98. The van der Waals surface area contributed by atoms with Gasteiger partial charge in [-0.25, -0.2) is 4.39 Å². The van der Waals surface area contributed by atoms with Gasteiger partial charge >= 0.3 is 0 Å². The zero-order valence-electron chi connectivity index (χ0n) is 12.7. The molecular weight excluding hydrogens is 267 g/mol. The minimum Gasteiger partial charge on any atom is -0.494 e. The molecule has 3 nitrogen and oxygen atoms in total. The quantitative estimate of drug-likeness (QED) is 0.881. The molecule has 1 atom stereocenters. The predicted molar refractivity (Wildman–Crippen MR) is 82.1 cm³/mol. The van der Waals surface area contributed by atoms with E-state index in [0.717, 1.165) is 24.1 Å². The lowest BCUT2D eigenvalue weighted by atomic mass is 9.96. The highest BCUT2D eigenvalue weighted by Crippen LogP contribution is 2.30. The monoisotopic (exact) mass is 288 g/mol. The normalized spacial score (nSPS) is 12.2. The summed E-state index contributed by atoms with van der Waals surface area (Å²) in [5.41, 5.74) is 2.65. The van der Waals surface area contributed by atoms with Crippen molar-refractivity contribution in [2.45, 2.75) is 26.3 Å². The number of pyridine rings is 1. The van der Waals surface area contributed by atoms with Gasteiger partial charge in [-0.05, 0) is 43.1 Å². The zero-order valence-corrected chi connectivity index (χ0v) is 12.7. The van der Waals surface area contributed by atoms with E-state index in [1.165, 1.54) is 7.11 Å². The van der Waals surface area contributed by atoms with E-state index in [9.17, 15) is 4.39 Å². The highest BCUT2D eigenvalue weighted by molar-refractivity contribution is 5.40. The Labute approximate surface area is 125 Å². The minimum atomic E-state index is -0.322. The van der Waals surface area contributed by atoms with Crippen LogP contribution in [-0.4, -0.2) is 18.6 Å². The summed E-state index contributed by atoms with van der Waals surface area (Å²) in [6, 6.07) is 6.94. The molecule has 21 heavy (non-hydrogen) atoms. The lowest BCUT2D eigenvalue weighted by Crippen LogP contribution is -2.25. The fourth-order valence-electron chi connectivity index (χ4n) is 2.36. The molecule has 1 heterocycles. The summed E-state index contributed by atoms with van der Waals surface area (Å²) in [6.45, 7) is 4.90. The number of nitrogens with zero attached hydrogens (tertiary/aromatic N) is 1. The van der Waals surface area contributed by atoms with Gasteiger partial charge in [0.1, 0.15) is 0 Å². The molecule has 0 spiro atoms. The van der Waals surface area contributed by atoms with Crippen molar-refractivity contribution in [1.29, 1.82) is 0 Å². The summed E-state index contributed by atoms with van der Waals surface area (Å²) in [5.74, 6) is -0.0609. The van der Waals surface area contributed by atoms with E-state index >= 15 is 0 Å². The fourth-order valence-corrected chi connectivity index (χ4v) is 2.36. The molecule has 2 aromatic rings. The summed E-state index contributed by atoms with van der Waals surface area (Å²) in [6.07, 6.45) is 4.51. The SMILES string of the molecule is CCCNC(c1cnccc1C)c1cccc(OC)c1F. The van der Waals surface area contributed by atoms with Crippen molar-refractivity contribution in [2.75, 3.05) is 13.7 Å². The average molecular weight is 288 g/mol. The van der Waals surface area contributed by atoms with Crippen LogP contribution in [-0.2, 0) is 0 Å². The number of nitrogens with one attached hydrogen (secondary N) is 1. The van der Waals surface area contributed by atoms with Gasteiger partial charge in [-0.15, -0.1) is 0 Å². The Hall–Kier alpha value is -1.94. The molecule has 0 saturated heterocycles. The van der Waals surface area contributed by atoms with Gasteiger partial charge < -0.3 is 10.1 Å². The second kappa shape index (κ2) is 7.18. The van der Waals surface area contributed by atoms with Crippen molar-refractivity contribution >= 4 is 0 Å². The molecule has 112 valence electrons. The maximum Gasteiger partial charge on any atom is 0.170 e. The van der Waals surface area contributed by atoms with Crippen molar-refractivity contribution in [3.63, 3.8) is 0 Å². The number of methoxy groups -OCH3 is 1. The van der Waals surface area contributed by atoms with Crippen molar-refractivity contribution in [1.82, 2.24) is 10.3 Å². The van der Waals surface area contributed by atoms with Gasteiger partial charge in [0.05, 0.1) is 13.2 Å². The summed E-state index contributed by atoms with van der Waals surface area (Å²) in [7, 11) is 1.48. The van der Waals surface area contributed by atoms with Gasteiger partial charge in [-0.1, -0.05) is 19.1 Å². The molecule has 0 bridgehead atoms. The first-order valence-corrected chi connectivity index (χ1v) is 7.15. The van der Waals surface area contributed by atoms with E-state index in [0.29, 0.717) is 5.56 Å². The number of benzene rings is 1. The van der Waals surface area contributed by atoms with Gasteiger partial charge in [-0.3, -0.25) is 4.98 Å². The standard InChI is InChI=1S/C17H21FN2O/c1-4-9-20-17(14-11-19-10-8-12(14)2)13-6-5-7-15(21-3)16(13)18/h5-8,10-11,17,20H,4,9H2,1-3H3. The van der Waals surface area contributed by atoms with Gasteiger partial charge in [0.15, 0.2) is 11.6 Å². The Kier molecular flexibility index (Phi) is 5.28. The van der Waals surface area contributed by atoms with Gasteiger partial charge in [-0.2, -0.15) is 0 Å². The molecule has 1 N–H and O–H groups in total. The first-order chi connectivity index (χ1) is 10.2. The number of rotatable bonds is 6. The van der Waals surface area contributed by atoms with Crippen LogP contribution in [0.25, 0.3) is 0 Å². The van der Waals surface area contributed by atoms with Gasteiger partial charge in [0, 0.05) is 18.0 Å². The van der Waals surface area contributed by atoms with E-state index in [1.807, 2.05) is 19.1 Å². The van der Waals surface area contributed by atoms with E-state index in [2.05, 4.69) is 17.2 Å². The molecule has 0 aliphatic carbocycles. The number of hydrogen-bond acceptors (Lipinski definition) is 3. The first-order valence-electron chi connectivity index (χ1n) is 7.15. The molecule has 1 aromatic heterocycles. The summed E-state index contributed by atoms with van der Waals surface area (Å²) < 4.78 is 19.7. The van der Waals surface area contributed by atoms with Crippen LogP contribution in [0.5, 0.6) is 5.75 Å². The van der Waals surface area contributed by atoms with Crippen molar-refractivity contribution in [2.24, 2.45) is 0 Å². The Morgan fingerprint density at radius 1 is 1.29 bits per heavy atom. The second-order valence-corrected chi connectivity index (χ2v) is 4.98. The van der Waals surface area contributed by atoms with Crippen molar-refractivity contribution in [3.8, 4) is 5.75 Å². The minimum absolute atomic E-state index is 0.228. The lowest BCUT2D eigenvalue weighted by Gasteiger charge is -2.22. The topological polar surface area (TPSA) is 34.2 Å². The predicted octanol–water partition coefficient (Wildman–Crippen LogP) is 3.63. The Bertz CT molecular complexity index is 601. The van der Waals surface area contributed by atoms with Crippen molar-refractivity contribution in [3.05, 3.63) is 59.2 Å². The lowest BCUT2D eigenvalue weighted by molar-refractivity contribution is 0.381. The average Bonchev–Trinajstić information content (AvgIpc) is 2.50. The highest BCUT2D eigenvalue weighted by Gasteiger charge is 2.21. The summed E-state index contributed by atoms with van der Waals surface area (Å²) in [5, 5.41) is 3.40.